The van der Waals surface area contributed by atoms with Gasteiger partial charge in [-0.3, -0.25) is 9.59 Å². The lowest BCUT2D eigenvalue weighted by Gasteiger charge is -2.31. The fourth-order valence-electron chi connectivity index (χ4n) is 1.65. The summed E-state index contributed by atoms with van der Waals surface area (Å²) in [6.07, 6.45) is 0.720. The van der Waals surface area contributed by atoms with Crippen LogP contribution in [0.1, 0.15) is 6.42 Å². The van der Waals surface area contributed by atoms with Crippen LogP contribution in [-0.4, -0.2) is 75.1 Å². The molecule has 0 atom stereocenters. The molecule has 1 rings (SSSR count). The number of ether oxygens (including phenoxy) is 1. The molecule has 0 bridgehead atoms. The minimum absolute atomic E-state index is 0.421. The number of methoxy groups -OCH3 is 1. The van der Waals surface area contributed by atoms with Crippen molar-refractivity contribution in [1.82, 2.24) is 15.1 Å². The maximum absolute atomic E-state index is 11.7. The molecule has 0 radical (unpaired) electrons. The largest absolute Gasteiger partial charge is 0.385 e. The molecule has 0 aliphatic carbocycles. The Balaban J connectivity index is 2.24. The molecule has 98 valence electrons. The predicted molar refractivity (Wildman–Crippen MR) is 63.6 cm³/mol. The van der Waals surface area contributed by atoms with Gasteiger partial charge in [-0.25, -0.2) is 0 Å². The Morgan fingerprint density at radius 3 is 2.47 bits per heavy atom. The van der Waals surface area contributed by atoms with Crippen molar-refractivity contribution >= 4 is 11.8 Å². The molecule has 1 aliphatic heterocycles. The monoisotopic (exact) mass is 243 g/mol. The Bertz CT molecular complexity index is 263. The second kappa shape index (κ2) is 7.24. The van der Waals surface area contributed by atoms with Gasteiger partial charge >= 0.3 is 11.8 Å². The summed E-state index contributed by atoms with van der Waals surface area (Å²) in [5, 5.41) is 2.60. The second-order valence-corrected chi connectivity index (χ2v) is 4.20. The number of carbonyl (C=O) groups excluding carboxylic acids is 2. The Morgan fingerprint density at radius 1 is 1.24 bits per heavy atom. The molecule has 1 saturated heterocycles. The fourth-order valence-corrected chi connectivity index (χ4v) is 1.65. The highest BCUT2D eigenvalue weighted by Gasteiger charge is 2.24. The molecule has 0 aromatic carbocycles. The van der Waals surface area contributed by atoms with Crippen LogP contribution in [0.2, 0.25) is 0 Å². The molecule has 6 nitrogen and oxygen atoms in total. The van der Waals surface area contributed by atoms with E-state index in [0.29, 0.717) is 26.2 Å². The van der Waals surface area contributed by atoms with Crippen LogP contribution in [0.4, 0.5) is 0 Å². The number of nitrogens with one attached hydrogen (secondary N) is 1. The Hall–Kier alpha value is -1.14. The zero-order valence-electron chi connectivity index (χ0n) is 10.6. The number of rotatable bonds is 4. The highest BCUT2D eigenvalue weighted by atomic mass is 16.5. The molecule has 0 unspecified atom stereocenters. The van der Waals surface area contributed by atoms with E-state index in [1.165, 1.54) is 0 Å². The van der Waals surface area contributed by atoms with Crippen LogP contribution in [0.15, 0.2) is 0 Å². The quantitative estimate of drug-likeness (QED) is 0.503. The van der Waals surface area contributed by atoms with Gasteiger partial charge in [-0.05, 0) is 13.5 Å². The summed E-state index contributed by atoms with van der Waals surface area (Å²) in [5.74, 6) is -0.929. The van der Waals surface area contributed by atoms with Gasteiger partial charge in [-0.1, -0.05) is 0 Å². The van der Waals surface area contributed by atoms with E-state index < -0.39 is 11.8 Å². The molecule has 1 heterocycles. The Kier molecular flexibility index (Phi) is 5.93. The molecule has 6 heteroatoms. The first-order valence-corrected chi connectivity index (χ1v) is 5.89. The molecule has 0 spiro atoms. The lowest BCUT2D eigenvalue weighted by Crippen LogP contribution is -2.51. The molecule has 2 amide bonds. The van der Waals surface area contributed by atoms with Crippen LogP contribution in [-0.2, 0) is 14.3 Å². The predicted octanol–water partition coefficient (Wildman–Crippen LogP) is -1.09. The van der Waals surface area contributed by atoms with Gasteiger partial charge in [0.2, 0.25) is 0 Å². The molecule has 1 aliphatic rings. The summed E-state index contributed by atoms with van der Waals surface area (Å²) >= 11 is 0. The van der Waals surface area contributed by atoms with Crippen LogP contribution in [0.25, 0.3) is 0 Å². The maximum atomic E-state index is 11.7. The van der Waals surface area contributed by atoms with Gasteiger partial charge < -0.3 is 19.9 Å². The third-order valence-electron chi connectivity index (χ3n) is 2.80. The van der Waals surface area contributed by atoms with E-state index in [-0.39, 0.29) is 0 Å². The summed E-state index contributed by atoms with van der Waals surface area (Å²) in [4.78, 5) is 27.0. The average Bonchev–Trinajstić information content (AvgIpc) is 2.34. The van der Waals surface area contributed by atoms with Crippen molar-refractivity contribution in [2.24, 2.45) is 0 Å². The molecule has 1 N–H and O–H groups in total. The number of nitrogens with zero attached hydrogens (tertiary/aromatic N) is 2. The maximum Gasteiger partial charge on any atom is 0.311 e. The molecular weight excluding hydrogens is 222 g/mol. The van der Waals surface area contributed by atoms with Crippen molar-refractivity contribution in [3.05, 3.63) is 0 Å². The lowest BCUT2D eigenvalue weighted by molar-refractivity contribution is -0.146. The minimum Gasteiger partial charge on any atom is -0.385 e. The minimum atomic E-state index is -0.509. The number of carbonyl (C=O) groups is 2. The smallest absolute Gasteiger partial charge is 0.311 e. The Labute approximate surface area is 102 Å². The van der Waals surface area contributed by atoms with E-state index in [0.717, 1.165) is 19.5 Å². The summed E-state index contributed by atoms with van der Waals surface area (Å²) in [6.45, 7) is 3.96. The third kappa shape index (κ3) is 4.70. The normalized spacial score (nSPS) is 16.9. The summed E-state index contributed by atoms with van der Waals surface area (Å²) in [7, 11) is 3.61. The van der Waals surface area contributed by atoms with E-state index in [4.69, 9.17) is 4.74 Å². The number of likely N-dealkylation sites (N-methyl/N-ethyl adjacent to an activating group) is 1. The van der Waals surface area contributed by atoms with Gasteiger partial charge in [0.05, 0.1) is 0 Å². The molecule has 0 saturated carbocycles. The first-order chi connectivity index (χ1) is 8.15. The van der Waals surface area contributed by atoms with Crippen molar-refractivity contribution in [3.8, 4) is 0 Å². The average molecular weight is 243 g/mol. The van der Waals surface area contributed by atoms with Gasteiger partial charge in [-0.2, -0.15) is 0 Å². The van der Waals surface area contributed by atoms with Gasteiger partial charge in [0.25, 0.3) is 0 Å². The van der Waals surface area contributed by atoms with Crippen molar-refractivity contribution < 1.29 is 14.3 Å². The standard InChI is InChI=1S/C11H21N3O3/c1-13-5-7-14(8-6-13)11(16)10(15)12-4-3-9-17-2/h3-9H2,1-2H3,(H,12,15). The zero-order chi connectivity index (χ0) is 12.7. The summed E-state index contributed by atoms with van der Waals surface area (Å²) in [5.41, 5.74) is 0. The SMILES string of the molecule is COCCCNC(=O)C(=O)N1CCN(C)CC1. The Morgan fingerprint density at radius 2 is 1.88 bits per heavy atom. The van der Waals surface area contributed by atoms with Gasteiger partial charge in [-0.15, -0.1) is 0 Å². The fraction of sp³-hybridized carbons (Fsp3) is 0.818. The van der Waals surface area contributed by atoms with Gasteiger partial charge in [0.15, 0.2) is 0 Å². The van der Waals surface area contributed by atoms with Crippen LogP contribution in [0.3, 0.4) is 0 Å². The van der Waals surface area contributed by atoms with Crippen molar-refractivity contribution in [1.29, 1.82) is 0 Å². The number of amides is 2. The van der Waals surface area contributed by atoms with Crippen LogP contribution in [0, 0.1) is 0 Å². The van der Waals surface area contributed by atoms with Crippen LogP contribution >= 0.6 is 0 Å². The first kappa shape index (κ1) is 13.9. The van der Waals surface area contributed by atoms with Crippen molar-refractivity contribution in [2.75, 3.05) is 53.5 Å². The third-order valence-corrected chi connectivity index (χ3v) is 2.80. The molecule has 17 heavy (non-hydrogen) atoms. The molecule has 0 aromatic rings. The first-order valence-electron chi connectivity index (χ1n) is 5.89. The highest BCUT2D eigenvalue weighted by molar-refractivity contribution is 6.35. The second-order valence-electron chi connectivity index (χ2n) is 4.20. The number of hydrogen-bond donors (Lipinski definition) is 1. The lowest BCUT2D eigenvalue weighted by atomic mass is 10.3. The van der Waals surface area contributed by atoms with Crippen molar-refractivity contribution in [2.45, 2.75) is 6.42 Å². The van der Waals surface area contributed by atoms with E-state index in [2.05, 4.69) is 10.2 Å². The van der Waals surface area contributed by atoms with E-state index in [9.17, 15) is 9.59 Å². The van der Waals surface area contributed by atoms with E-state index in [1.54, 1.807) is 12.0 Å². The summed E-state index contributed by atoms with van der Waals surface area (Å²) < 4.78 is 4.86. The van der Waals surface area contributed by atoms with Crippen LogP contribution < -0.4 is 5.32 Å². The van der Waals surface area contributed by atoms with E-state index in [1.807, 2.05) is 7.05 Å². The topological polar surface area (TPSA) is 61.9 Å². The molecule has 1 fully saturated rings. The number of hydrogen-bond acceptors (Lipinski definition) is 4. The highest BCUT2D eigenvalue weighted by Crippen LogP contribution is 1.99. The molecular formula is C11H21N3O3. The van der Waals surface area contributed by atoms with Gasteiger partial charge in [0.1, 0.15) is 0 Å². The summed E-state index contributed by atoms with van der Waals surface area (Å²) in [6, 6.07) is 0. The van der Waals surface area contributed by atoms with Crippen LogP contribution in [0.5, 0.6) is 0 Å². The molecule has 0 aromatic heterocycles. The van der Waals surface area contributed by atoms with Crippen molar-refractivity contribution in [3.63, 3.8) is 0 Å². The zero-order valence-corrected chi connectivity index (χ0v) is 10.6. The van der Waals surface area contributed by atoms with Gasteiger partial charge in [0, 0.05) is 46.4 Å². The number of piperazine rings is 1. The van der Waals surface area contributed by atoms with E-state index >= 15 is 0 Å².